The van der Waals surface area contributed by atoms with E-state index in [1.807, 2.05) is 24.3 Å². The average Bonchev–Trinajstić information content (AvgIpc) is 3.23. The lowest BCUT2D eigenvalue weighted by atomic mass is 9.69. The van der Waals surface area contributed by atoms with E-state index in [0.717, 1.165) is 16.7 Å². The summed E-state index contributed by atoms with van der Waals surface area (Å²) in [6.07, 6.45) is 0.497. The van der Waals surface area contributed by atoms with Crippen LogP contribution in [-0.2, 0) is 21.3 Å². The first kappa shape index (κ1) is 18.5. The summed E-state index contributed by atoms with van der Waals surface area (Å²) in [5.74, 6) is -2.05. The van der Waals surface area contributed by atoms with Crippen LogP contribution in [0.2, 0.25) is 0 Å². The molecule has 0 N–H and O–H groups in total. The Hall–Kier alpha value is -4.26. The SMILES string of the molecule is O=C1OC(=O)c2cc(C3(c4ccc5c(c4)C(=O)OC5=O)COc4ccc(cc4)C3)ccc21. The van der Waals surface area contributed by atoms with Gasteiger partial charge < -0.3 is 14.2 Å². The molecule has 0 fully saturated rings. The van der Waals surface area contributed by atoms with Gasteiger partial charge in [0.25, 0.3) is 0 Å². The number of rotatable bonds is 2. The summed E-state index contributed by atoms with van der Waals surface area (Å²) in [6, 6.07) is 17.7. The van der Waals surface area contributed by atoms with Crippen LogP contribution in [0.3, 0.4) is 0 Å². The summed E-state index contributed by atoms with van der Waals surface area (Å²) in [5.41, 5.74) is 2.48. The van der Waals surface area contributed by atoms with Crippen molar-refractivity contribution in [3.05, 3.63) is 99.6 Å². The van der Waals surface area contributed by atoms with Crippen LogP contribution >= 0.6 is 0 Å². The van der Waals surface area contributed by atoms with Crippen molar-refractivity contribution in [2.24, 2.45) is 0 Å². The van der Waals surface area contributed by atoms with E-state index in [2.05, 4.69) is 0 Å². The molecule has 4 heterocycles. The molecule has 0 unspecified atom stereocenters. The highest BCUT2D eigenvalue weighted by molar-refractivity contribution is 6.15. The predicted molar refractivity (Wildman–Crippen MR) is 109 cm³/mol. The number of hydrogen-bond acceptors (Lipinski definition) is 7. The maximum Gasteiger partial charge on any atom is 0.346 e. The van der Waals surface area contributed by atoms with Gasteiger partial charge in [0, 0.05) is 0 Å². The molecule has 0 spiro atoms. The van der Waals surface area contributed by atoms with Crippen molar-refractivity contribution in [3.63, 3.8) is 0 Å². The Labute approximate surface area is 181 Å². The zero-order valence-corrected chi connectivity index (χ0v) is 16.5. The molecule has 2 bridgehead atoms. The van der Waals surface area contributed by atoms with E-state index in [9.17, 15) is 19.2 Å². The quantitative estimate of drug-likeness (QED) is 0.459. The van der Waals surface area contributed by atoms with Gasteiger partial charge in [-0.15, -0.1) is 0 Å². The van der Waals surface area contributed by atoms with Crippen LogP contribution in [0.4, 0.5) is 0 Å². The standard InChI is InChI=1S/C25H14O7/c26-21-17-7-3-14(9-19(17)23(28)31-21)25(11-13-1-5-16(6-2-13)30-12-25)15-4-8-18-20(10-15)24(29)32-22(18)27/h1-10H,11-12H2. The lowest BCUT2D eigenvalue weighted by molar-refractivity contribution is 0.0425. The second kappa shape index (κ2) is 6.37. The molecule has 0 amide bonds. The average molecular weight is 426 g/mol. The Morgan fingerprint density at radius 3 is 1.62 bits per heavy atom. The van der Waals surface area contributed by atoms with Gasteiger partial charge in [-0.3, -0.25) is 0 Å². The van der Waals surface area contributed by atoms with Gasteiger partial charge >= 0.3 is 23.9 Å². The smallest absolute Gasteiger partial charge is 0.346 e. The van der Waals surface area contributed by atoms with E-state index >= 15 is 0 Å². The third kappa shape index (κ3) is 2.54. The molecule has 4 aliphatic heterocycles. The molecule has 7 rings (SSSR count). The summed E-state index contributed by atoms with van der Waals surface area (Å²) >= 11 is 0. The molecular formula is C25H14O7. The van der Waals surface area contributed by atoms with E-state index in [1.165, 1.54) is 0 Å². The van der Waals surface area contributed by atoms with Gasteiger partial charge in [0.15, 0.2) is 0 Å². The number of hydrogen-bond donors (Lipinski definition) is 0. The fraction of sp³-hybridized carbons (Fsp3) is 0.120. The molecule has 0 saturated carbocycles. The zero-order valence-electron chi connectivity index (χ0n) is 16.5. The van der Waals surface area contributed by atoms with Crippen molar-refractivity contribution in [1.82, 2.24) is 0 Å². The van der Waals surface area contributed by atoms with E-state index in [-0.39, 0.29) is 28.9 Å². The molecule has 7 nitrogen and oxygen atoms in total. The fourth-order valence-corrected chi connectivity index (χ4v) is 4.61. The maximum atomic E-state index is 12.2. The van der Waals surface area contributed by atoms with E-state index in [1.54, 1.807) is 36.4 Å². The van der Waals surface area contributed by atoms with Crippen LogP contribution < -0.4 is 4.74 Å². The van der Waals surface area contributed by atoms with E-state index < -0.39 is 29.3 Å². The summed E-state index contributed by atoms with van der Waals surface area (Å²) < 4.78 is 15.6. The Bertz CT molecular complexity index is 1290. The van der Waals surface area contributed by atoms with Crippen LogP contribution in [0, 0.1) is 0 Å². The number of carbonyl (C=O) groups excluding carboxylic acids is 4. The summed E-state index contributed by atoms with van der Waals surface area (Å²) in [4.78, 5) is 48.3. The summed E-state index contributed by atoms with van der Waals surface area (Å²) in [7, 11) is 0. The van der Waals surface area contributed by atoms with Crippen LogP contribution in [0.5, 0.6) is 5.75 Å². The van der Waals surface area contributed by atoms with Gasteiger partial charge in [-0.25, -0.2) is 19.2 Å². The van der Waals surface area contributed by atoms with Crippen LogP contribution in [0.1, 0.15) is 58.1 Å². The molecule has 0 atom stereocenters. The molecule has 0 aromatic heterocycles. The summed E-state index contributed by atoms with van der Waals surface area (Å²) in [6.45, 7) is 0.212. The van der Waals surface area contributed by atoms with E-state index in [0.29, 0.717) is 12.2 Å². The van der Waals surface area contributed by atoms with Gasteiger partial charge in [-0.2, -0.15) is 0 Å². The highest BCUT2D eigenvalue weighted by Gasteiger charge is 2.41. The first-order chi connectivity index (χ1) is 15.4. The molecule has 156 valence electrons. The van der Waals surface area contributed by atoms with Gasteiger partial charge in [0.2, 0.25) is 0 Å². The van der Waals surface area contributed by atoms with Crippen molar-refractivity contribution in [2.45, 2.75) is 11.8 Å². The number of carbonyl (C=O) groups is 4. The minimum absolute atomic E-state index is 0.193. The molecule has 0 aliphatic carbocycles. The van der Waals surface area contributed by atoms with Gasteiger partial charge in [0.05, 0.1) is 27.7 Å². The van der Waals surface area contributed by atoms with Crippen LogP contribution in [0.25, 0.3) is 0 Å². The van der Waals surface area contributed by atoms with Crippen molar-refractivity contribution in [1.29, 1.82) is 0 Å². The Morgan fingerprint density at radius 1 is 0.594 bits per heavy atom. The highest BCUT2D eigenvalue weighted by atomic mass is 16.6. The second-order valence-electron chi connectivity index (χ2n) is 8.07. The molecule has 7 heteroatoms. The van der Waals surface area contributed by atoms with Gasteiger partial charge in [0.1, 0.15) is 12.4 Å². The van der Waals surface area contributed by atoms with Gasteiger partial charge in [-0.1, -0.05) is 24.3 Å². The normalized spacial score (nSPS) is 17.8. The second-order valence-corrected chi connectivity index (χ2v) is 8.07. The lowest BCUT2D eigenvalue weighted by Crippen LogP contribution is -2.38. The van der Waals surface area contributed by atoms with E-state index in [4.69, 9.17) is 14.2 Å². The lowest BCUT2D eigenvalue weighted by Gasteiger charge is -2.37. The predicted octanol–water partition coefficient (Wildman–Crippen LogP) is 3.23. The Kier molecular flexibility index (Phi) is 3.68. The molecule has 0 saturated heterocycles. The number of cyclic esters (lactones) is 4. The van der Waals surface area contributed by atoms with Crippen LogP contribution in [-0.4, -0.2) is 30.5 Å². The third-order valence-electron chi connectivity index (χ3n) is 6.31. The molecule has 3 aromatic carbocycles. The highest BCUT2D eigenvalue weighted by Crippen LogP contribution is 2.41. The maximum absolute atomic E-state index is 12.2. The zero-order chi connectivity index (χ0) is 22.0. The first-order valence-corrected chi connectivity index (χ1v) is 9.98. The van der Waals surface area contributed by atoms with Crippen molar-refractivity contribution in [3.8, 4) is 5.75 Å². The Morgan fingerprint density at radius 2 is 1.09 bits per heavy atom. The minimum atomic E-state index is -0.808. The fourth-order valence-electron chi connectivity index (χ4n) is 4.61. The topological polar surface area (TPSA) is 96.0 Å². The van der Waals surface area contributed by atoms with Crippen molar-refractivity contribution in [2.75, 3.05) is 6.61 Å². The number of fused-ring (bicyclic) bond motifs is 7. The largest absolute Gasteiger partial charge is 0.492 e. The monoisotopic (exact) mass is 426 g/mol. The third-order valence-corrected chi connectivity index (χ3v) is 6.31. The molecular weight excluding hydrogens is 412 g/mol. The molecule has 0 radical (unpaired) electrons. The number of benzene rings is 3. The number of esters is 4. The van der Waals surface area contributed by atoms with Crippen LogP contribution in [0.15, 0.2) is 60.7 Å². The molecule has 4 aliphatic rings. The van der Waals surface area contributed by atoms with Crippen molar-refractivity contribution >= 4 is 23.9 Å². The van der Waals surface area contributed by atoms with Crippen molar-refractivity contribution < 1.29 is 33.4 Å². The Balaban J connectivity index is 1.58. The summed E-state index contributed by atoms with van der Waals surface area (Å²) in [5, 5.41) is 0. The molecule has 32 heavy (non-hydrogen) atoms. The van der Waals surface area contributed by atoms with Gasteiger partial charge in [-0.05, 0) is 59.5 Å². The number of ether oxygens (including phenoxy) is 3. The minimum Gasteiger partial charge on any atom is -0.492 e. The molecule has 3 aromatic rings. The first-order valence-electron chi connectivity index (χ1n) is 9.98.